The molecule has 6 atom stereocenters. The summed E-state index contributed by atoms with van der Waals surface area (Å²) in [4.78, 5) is 64.8. The van der Waals surface area contributed by atoms with Crippen molar-refractivity contribution in [2.75, 3.05) is 19.1 Å². The summed E-state index contributed by atoms with van der Waals surface area (Å²) >= 11 is 14.3. The number of carbonyl (C=O) groups is 5. The molecule has 1 N–H and O–H groups in total. The Hall–Kier alpha value is -3.69. The minimum Gasteiger partial charge on any atom is -0.504 e. The summed E-state index contributed by atoms with van der Waals surface area (Å²) in [6.07, 6.45) is 1.93. The molecule has 0 radical (unpaired) electrons. The van der Waals surface area contributed by atoms with Crippen LogP contribution in [0.1, 0.15) is 41.6 Å². The molecule has 2 aliphatic carbocycles. The van der Waals surface area contributed by atoms with Gasteiger partial charge in [0.25, 0.3) is 11.8 Å². The number of ether oxygens (including phenoxy) is 1. The maximum Gasteiger partial charge on any atom is 0.253 e. The Morgan fingerprint density at radius 1 is 1.00 bits per heavy atom. The molecule has 2 aliphatic heterocycles. The first-order chi connectivity index (χ1) is 19.4. The average molecular weight is 597 g/mol. The molecule has 4 aliphatic rings. The number of Topliss-reactive ketones (excluding diaryl/α,β-unsaturated/α-hetero) is 1. The van der Waals surface area contributed by atoms with Crippen LogP contribution in [0.5, 0.6) is 11.5 Å². The molecule has 212 valence electrons. The van der Waals surface area contributed by atoms with Crippen molar-refractivity contribution in [2.24, 2.45) is 17.8 Å². The molecule has 6 unspecified atom stereocenters. The lowest BCUT2D eigenvalue weighted by Crippen LogP contribution is -2.60. The maximum atomic E-state index is 14.0. The highest BCUT2D eigenvalue weighted by Crippen LogP contribution is 2.65. The molecule has 2 saturated heterocycles. The molecule has 9 nitrogen and oxygen atoms in total. The third-order valence-electron chi connectivity index (χ3n) is 9.08. The van der Waals surface area contributed by atoms with E-state index in [2.05, 4.69) is 0 Å². The van der Waals surface area contributed by atoms with Gasteiger partial charge in [0.15, 0.2) is 27.0 Å². The quantitative estimate of drug-likeness (QED) is 0.246. The number of phenolic OH excluding ortho intramolecular Hbond substituents is 1. The molecule has 2 aromatic rings. The zero-order chi connectivity index (χ0) is 29.6. The number of alkyl halides is 2. The molecule has 1 saturated carbocycles. The Morgan fingerprint density at radius 3 is 2.32 bits per heavy atom. The van der Waals surface area contributed by atoms with Gasteiger partial charge in [-0.15, -0.1) is 23.2 Å². The third-order valence-corrected chi connectivity index (χ3v) is 10.5. The largest absolute Gasteiger partial charge is 0.504 e. The summed E-state index contributed by atoms with van der Waals surface area (Å²) in [7, 11) is 2.71. The topological polar surface area (TPSA) is 121 Å². The predicted molar refractivity (Wildman–Crippen MR) is 149 cm³/mol. The Labute approximate surface area is 245 Å². The molecule has 0 aromatic heterocycles. The fourth-order valence-electron chi connectivity index (χ4n) is 7.09. The van der Waals surface area contributed by atoms with Crippen molar-refractivity contribution >= 4 is 58.3 Å². The van der Waals surface area contributed by atoms with Crippen molar-refractivity contribution in [3.05, 3.63) is 65.2 Å². The molecule has 3 fully saturated rings. The number of phenols is 1. The second-order valence-corrected chi connectivity index (χ2v) is 12.3. The average Bonchev–Trinajstić information content (AvgIpc) is 3.28. The van der Waals surface area contributed by atoms with Gasteiger partial charge < -0.3 is 9.84 Å². The van der Waals surface area contributed by atoms with Crippen LogP contribution in [-0.4, -0.2) is 63.3 Å². The van der Waals surface area contributed by atoms with Gasteiger partial charge in [-0.3, -0.25) is 33.8 Å². The second-order valence-electron chi connectivity index (χ2n) is 11.0. The number of fused-ring (bicyclic) bond motifs is 4. The number of rotatable bonds is 4. The summed E-state index contributed by atoms with van der Waals surface area (Å²) in [6.45, 7) is 1.43. The van der Waals surface area contributed by atoms with Gasteiger partial charge in [0, 0.05) is 18.5 Å². The van der Waals surface area contributed by atoms with Crippen LogP contribution in [0, 0.1) is 17.8 Å². The highest BCUT2D eigenvalue weighted by atomic mass is 35.5. The van der Waals surface area contributed by atoms with Crippen LogP contribution in [-0.2, 0) is 19.2 Å². The van der Waals surface area contributed by atoms with E-state index in [1.165, 1.54) is 33.2 Å². The van der Waals surface area contributed by atoms with Gasteiger partial charge in [-0.25, -0.2) is 0 Å². The molecule has 41 heavy (non-hydrogen) atoms. The van der Waals surface area contributed by atoms with E-state index in [1.807, 2.05) is 6.08 Å². The van der Waals surface area contributed by atoms with Crippen molar-refractivity contribution < 1.29 is 33.8 Å². The number of anilines is 1. The molecular formula is C30H26Cl2N2O7. The third kappa shape index (κ3) is 3.51. The number of likely N-dealkylation sites (tertiary alicyclic amines) is 1. The number of benzene rings is 2. The molecule has 2 aromatic carbocycles. The van der Waals surface area contributed by atoms with Gasteiger partial charge in [0.2, 0.25) is 11.8 Å². The predicted octanol–water partition coefficient (Wildman–Crippen LogP) is 3.80. The van der Waals surface area contributed by atoms with Crippen molar-refractivity contribution in [2.45, 2.75) is 35.4 Å². The molecule has 6 rings (SSSR count). The van der Waals surface area contributed by atoms with Crippen LogP contribution in [0.4, 0.5) is 5.69 Å². The van der Waals surface area contributed by atoms with Gasteiger partial charge in [-0.2, -0.15) is 0 Å². The lowest BCUT2D eigenvalue weighted by atomic mass is 9.56. The standard InChI is InChI=1S/C30H26Cl2N2O7/c1-14(35)15-4-7-17(8-5-15)34-25(37)19-10-9-18-20(23(19)26(34)38)13-29(31)27(39)33(2)28(40)30(29,32)24(18)16-6-11-21(36)22(12-16)41-3/h4-9,11-12,19-20,23-24,36H,10,13H2,1-3H3. The van der Waals surface area contributed by atoms with Crippen LogP contribution >= 0.6 is 23.2 Å². The van der Waals surface area contributed by atoms with Gasteiger partial charge in [0.1, 0.15) is 0 Å². The number of halogens is 2. The van der Waals surface area contributed by atoms with Crippen LogP contribution in [0.3, 0.4) is 0 Å². The number of hydrogen-bond donors (Lipinski definition) is 1. The minimum atomic E-state index is -1.93. The Kier molecular flexibility index (Phi) is 6.14. The first kappa shape index (κ1) is 27.5. The molecule has 11 heteroatoms. The van der Waals surface area contributed by atoms with E-state index >= 15 is 0 Å². The van der Waals surface area contributed by atoms with Crippen LogP contribution in [0.2, 0.25) is 0 Å². The smallest absolute Gasteiger partial charge is 0.253 e. The van der Waals surface area contributed by atoms with Gasteiger partial charge >= 0.3 is 0 Å². The van der Waals surface area contributed by atoms with Crippen LogP contribution in [0.15, 0.2) is 54.1 Å². The van der Waals surface area contributed by atoms with Crippen molar-refractivity contribution in [3.8, 4) is 11.5 Å². The zero-order valence-corrected chi connectivity index (χ0v) is 23.9. The lowest BCUT2D eigenvalue weighted by Gasteiger charge is -2.50. The highest BCUT2D eigenvalue weighted by Gasteiger charge is 2.75. The summed E-state index contributed by atoms with van der Waals surface area (Å²) < 4.78 is 5.30. The van der Waals surface area contributed by atoms with E-state index in [0.717, 1.165) is 9.80 Å². The number of carbonyl (C=O) groups excluding carboxylic acids is 5. The van der Waals surface area contributed by atoms with Gasteiger partial charge in [-0.05, 0) is 67.6 Å². The van der Waals surface area contributed by atoms with E-state index in [-0.39, 0.29) is 36.0 Å². The van der Waals surface area contributed by atoms with Crippen LogP contribution in [0.25, 0.3) is 0 Å². The SMILES string of the molecule is COc1cc(C2C3=CCC4C(=O)N(c5ccc(C(C)=O)cc5)C(=O)C4C3CC3(Cl)C(=O)N(C)C(=O)C23Cl)ccc1O. The molecular weight excluding hydrogens is 571 g/mol. The van der Waals surface area contributed by atoms with Gasteiger partial charge in [0.05, 0.1) is 24.6 Å². The monoisotopic (exact) mass is 596 g/mol. The second kappa shape index (κ2) is 9.16. The Balaban J connectivity index is 1.49. The summed E-state index contributed by atoms with van der Waals surface area (Å²) in [5, 5.41) is 10.2. The highest BCUT2D eigenvalue weighted by molar-refractivity contribution is 6.53. The number of hydrogen-bond acceptors (Lipinski definition) is 7. The number of allylic oxidation sites excluding steroid dienone is 2. The zero-order valence-electron chi connectivity index (χ0n) is 22.4. The van der Waals surface area contributed by atoms with E-state index < -0.39 is 51.1 Å². The fraction of sp³-hybridized carbons (Fsp3) is 0.367. The van der Waals surface area contributed by atoms with E-state index in [0.29, 0.717) is 22.4 Å². The Morgan fingerprint density at radius 2 is 1.68 bits per heavy atom. The molecule has 4 amide bonds. The van der Waals surface area contributed by atoms with E-state index in [1.54, 1.807) is 30.3 Å². The molecule has 0 spiro atoms. The van der Waals surface area contributed by atoms with E-state index in [9.17, 15) is 29.1 Å². The fourth-order valence-corrected chi connectivity index (χ4v) is 8.11. The van der Waals surface area contributed by atoms with Crippen molar-refractivity contribution in [1.29, 1.82) is 0 Å². The van der Waals surface area contributed by atoms with E-state index in [4.69, 9.17) is 27.9 Å². The van der Waals surface area contributed by atoms with Gasteiger partial charge in [-0.1, -0.05) is 17.7 Å². The number of ketones is 1. The number of aromatic hydroxyl groups is 1. The minimum absolute atomic E-state index is 0.123. The van der Waals surface area contributed by atoms with Crippen molar-refractivity contribution in [1.82, 2.24) is 4.90 Å². The normalized spacial score (nSPS) is 32.5. The first-order valence-electron chi connectivity index (χ1n) is 13.1. The Bertz CT molecular complexity index is 1590. The number of nitrogens with zero attached hydrogens (tertiary/aromatic N) is 2. The molecule has 2 heterocycles. The van der Waals surface area contributed by atoms with Crippen LogP contribution < -0.4 is 9.64 Å². The van der Waals surface area contributed by atoms with Crippen molar-refractivity contribution in [3.63, 3.8) is 0 Å². The number of methoxy groups -OCH3 is 1. The number of imide groups is 2. The lowest BCUT2D eigenvalue weighted by molar-refractivity contribution is -0.138. The number of amides is 4. The molecule has 0 bridgehead atoms. The maximum absolute atomic E-state index is 14.0. The summed E-state index contributed by atoms with van der Waals surface area (Å²) in [5.41, 5.74) is 1.90. The summed E-state index contributed by atoms with van der Waals surface area (Å²) in [6, 6.07) is 10.8. The first-order valence-corrected chi connectivity index (χ1v) is 13.9. The summed E-state index contributed by atoms with van der Waals surface area (Å²) in [5.74, 6) is -5.49.